The molecule has 0 aliphatic heterocycles. The molecule has 0 aliphatic rings. The van der Waals surface area contributed by atoms with Crippen LogP contribution < -0.4 is 19.1 Å². The van der Waals surface area contributed by atoms with Gasteiger partial charge in [-0.3, -0.25) is 0 Å². The minimum absolute atomic E-state index is 0.466. The Balaban J connectivity index is 1.87. The fourth-order valence-electron chi connectivity index (χ4n) is 2.83. The van der Waals surface area contributed by atoms with Crippen LogP contribution in [0.3, 0.4) is 0 Å². The van der Waals surface area contributed by atoms with Crippen LogP contribution in [-0.2, 0) is 6.54 Å². The number of para-hydroxylation sites is 1. The maximum atomic E-state index is 5.46. The maximum Gasteiger partial charge on any atom is 0.246 e. The topological polar surface area (TPSA) is 69.9 Å². The largest absolute Gasteiger partial charge is 0.493 e. The van der Waals surface area contributed by atoms with E-state index in [0.29, 0.717) is 35.5 Å². The summed E-state index contributed by atoms with van der Waals surface area (Å²) < 4.78 is 21.6. The van der Waals surface area contributed by atoms with Gasteiger partial charge < -0.3 is 23.6 Å². The van der Waals surface area contributed by atoms with Gasteiger partial charge in [0.1, 0.15) is 0 Å². The van der Waals surface area contributed by atoms with Crippen molar-refractivity contribution in [3.05, 3.63) is 48.4 Å². The van der Waals surface area contributed by atoms with Crippen molar-refractivity contribution >= 4 is 5.69 Å². The molecule has 0 saturated heterocycles. The second-order valence-electron chi connectivity index (χ2n) is 5.78. The normalized spacial score (nSPS) is 10.5. The van der Waals surface area contributed by atoms with Crippen LogP contribution in [0, 0.1) is 0 Å². The number of hydrogen-bond acceptors (Lipinski definition) is 7. The fourth-order valence-corrected chi connectivity index (χ4v) is 2.83. The Morgan fingerprint density at radius 2 is 1.63 bits per heavy atom. The number of ether oxygens (including phenoxy) is 3. The minimum Gasteiger partial charge on any atom is -0.493 e. The lowest BCUT2D eigenvalue weighted by Crippen LogP contribution is -2.22. The number of methoxy groups -OCH3 is 3. The molecule has 0 fully saturated rings. The van der Waals surface area contributed by atoms with Gasteiger partial charge in [-0.25, -0.2) is 0 Å². The molecule has 0 saturated carbocycles. The molecule has 0 radical (unpaired) electrons. The summed E-state index contributed by atoms with van der Waals surface area (Å²) in [6.07, 6.45) is 0. The Kier molecular flexibility index (Phi) is 5.80. The van der Waals surface area contributed by atoms with Crippen LogP contribution in [0.4, 0.5) is 5.69 Å². The van der Waals surface area contributed by atoms with E-state index in [1.165, 1.54) is 0 Å². The van der Waals surface area contributed by atoms with E-state index >= 15 is 0 Å². The van der Waals surface area contributed by atoms with Gasteiger partial charge in [0.15, 0.2) is 11.5 Å². The van der Waals surface area contributed by atoms with E-state index in [1.807, 2.05) is 18.2 Å². The standard InChI is InChI=1S/C20H23N3O4/c1-5-23(15-9-7-6-8-10-15)13-18-21-20(22-27-18)14-11-16(24-2)19(26-4)17(12-14)25-3/h6-12H,5,13H2,1-4H3. The summed E-state index contributed by atoms with van der Waals surface area (Å²) >= 11 is 0. The van der Waals surface area contributed by atoms with Crippen molar-refractivity contribution in [3.8, 4) is 28.6 Å². The van der Waals surface area contributed by atoms with Crippen molar-refractivity contribution in [2.45, 2.75) is 13.5 Å². The zero-order valence-corrected chi connectivity index (χ0v) is 15.9. The van der Waals surface area contributed by atoms with E-state index in [4.69, 9.17) is 18.7 Å². The molecule has 0 N–H and O–H groups in total. The van der Waals surface area contributed by atoms with Crippen molar-refractivity contribution in [2.75, 3.05) is 32.8 Å². The molecular formula is C20H23N3O4. The van der Waals surface area contributed by atoms with Crippen LogP contribution in [0.1, 0.15) is 12.8 Å². The fraction of sp³-hybridized carbons (Fsp3) is 0.300. The number of hydrogen-bond donors (Lipinski definition) is 0. The summed E-state index contributed by atoms with van der Waals surface area (Å²) in [5, 5.41) is 4.11. The lowest BCUT2D eigenvalue weighted by atomic mass is 10.1. The Bertz CT molecular complexity index is 855. The molecular weight excluding hydrogens is 346 g/mol. The van der Waals surface area contributed by atoms with E-state index in [0.717, 1.165) is 17.8 Å². The zero-order chi connectivity index (χ0) is 19.2. The van der Waals surface area contributed by atoms with Crippen LogP contribution in [0.2, 0.25) is 0 Å². The molecule has 0 bridgehead atoms. The SMILES string of the molecule is CCN(Cc1nc(-c2cc(OC)c(OC)c(OC)c2)no1)c1ccccc1. The summed E-state index contributed by atoms with van der Waals surface area (Å²) in [7, 11) is 4.71. The summed E-state index contributed by atoms with van der Waals surface area (Å²) in [6, 6.07) is 13.7. The van der Waals surface area contributed by atoms with Crippen LogP contribution in [0.5, 0.6) is 17.2 Å². The third-order valence-corrected chi connectivity index (χ3v) is 4.22. The van der Waals surface area contributed by atoms with E-state index in [-0.39, 0.29) is 0 Å². The molecule has 1 aromatic heterocycles. The van der Waals surface area contributed by atoms with E-state index in [1.54, 1.807) is 33.5 Å². The number of aromatic nitrogens is 2. The van der Waals surface area contributed by atoms with Crippen LogP contribution in [0.15, 0.2) is 47.0 Å². The maximum absolute atomic E-state index is 5.46. The third-order valence-electron chi connectivity index (χ3n) is 4.22. The summed E-state index contributed by atoms with van der Waals surface area (Å²) in [6.45, 7) is 3.44. The first-order valence-corrected chi connectivity index (χ1v) is 8.63. The molecule has 2 aromatic carbocycles. The van der Waals surface area contributed by atoms with Crippen LogP contribution in [-0.4, -0.2) is 38.0 Å². The molecule has 0 spiro atoms. The molecule has 27 heavy (non-hydrogen) atoms. The van der Waals surface area contributed by atoms with Crippen LogP contribution >= 0.6 is 0 Å². The Hall–Kier alpha value is -3.22. The van der Waals surface area contributed by atoms with Crippen molar-refractivity contribution in [2.24, 2.45) is 0 Å². The van der Waals surface area contributed by atoms with E-state index in [2.05, 4.69) is 34.1 Å². The first kappa shape index (κ1) is 18.6. The summed E-state index contributed by atoms with van der Waals surface area (Å²) in [4.78, 5) is 6.69. The van der Waals surface area contributed by atoms with Gasteiger partial charge in [-0.2, -0.15) is 4.98 Å². The second kappa shape index (κ2) is 8.44. The molecule has 1 heterocycles. The van der Waals surface area contributed by atoms with Gasteiger partial charge in [0, 0.05) is 17.8 Å². The number of anilines is 1. The molecule has 0 atom stereocenters. The minimum atomic E-state index is 0.466. The summed E-state index contributed by atoms with van der Waals surface area (Å²) in [5.41, 5.74) is 1.83. The Morgan fingerprint density at radius 1 is 0.963 bits per heavy atom. The highest BCUT2D eigenvalue weighted by molar-refractivity contribution is 5.66. The van der Waals surface area contributed by atoms with Gasteiger partial charge >= 0.3 is 0 Å². The molecule has 142 valence electrons. The second-order valence-corrected chi connectivity index (χ2v) is 5.78. The summed E-state index contributed by atoms with van der Waals surface area (Å²) in [5.74, 6) is 2.60. The predicted molar refractivity (Wildman–Crippen MR) is 103 cm³/mol. The molecule has 0 amide bonds. The first-order chi connectivity index (χ1) is 13.2. The number of nitrogens with zero attached hydrogens (tertiary/aromatic N) is 3. The smallest absolute Gasteiger partial charge is 0.246 e. The number of rotatable bonds is 8. The van der Waals surface area contributed by atoms with Gasteiger partial charge in [0.2, 0.25) is 17.5 Å². The van der Waals surface area contributed by atoms with E-state index < -0.39 is 0 Å². The Labute approximate surface area is 158 Å². The Morgan fingerprint density at radius 3 is 2.19 bits per heavy atom. The van der Waals surface area contributed by atoms with E-state index in [9.17, 15) is 0 Å². The molecule has 3 rings (SSSR count). The molecule has 0 aliphatic carbocycles. The lowest BCUT2D eigenvalue weighted by Gasteiger charge is -2.20. The van der Waals surface area contributed by atoms with Crippen molar-refractivity contribution in [1.29, 1.82) is 0 Å². The van der Waals surface area contributed by atoms with Crippen molar-refractivity contribution in [1.82, 2.24) is 10.1 Å². The van der Waals surface area contributed by atoms with Crippen molar-refractivity contribution < 1.29 is 18.7 Å². The monoisotopic (exact) mass is 369 g/mol. The van der Waals surface area contributed by atoms with Gasteiger partial charge in [-0.1, -0.05) is 23.4 Å². The average Bonchev–Trinajstić information content (AvgIpc) is 3.20. The molecule has 0 unspecified atom stereocenters. The van der Waals surface area contributed by atoms with Crippen LogP contribution in [0.25, 0.3) is 11.4 Å². The highest BCUT2D eigenvalue weighted by atomic mass is 16.5. The first-order valence-electron chi connectivity index (χ1n) is 8.63. The van der Waals surface area contributed by atoms with Gasteiger partial charge in [0.25, 0.3) is 0 Å². The molecule has 7 heteroatoms. The van der Waals surface area contributed by atoms with Gasteiger partial charge in [-0.05, 0) is 31.2 Å². The lowest BCUT2D eigenvalue weighted by molar-refractivity contribution is 0.324. The zero-order valence-electron chi connectivity index (χ0n) is 15.9. The van der Waals surface area contributed by atoms with Crippen molar-refractivity contribution in [3.63, 3.8) is 0 Å². The quantitative estimate of drug-likeness (QED) is 0.598. The third kappa shape index (κ3) is 3.97. The van der Waals surface area contributed by atoms with Gasteiger partial charge in [0.05, 0.1) is 27.9 Å². The van der Waals surface area contributed by atoms with Gasteiger partial charge in [-0.15, -0.1) is 0 Å². The molecule has 3 aromatic rings. The average molecular weight is 369 g/mol. The number of benzene rings is 2. The highest BCUT2D eigenvalue weighted by Gasteiger charge is 2.18. The molecule has 7 nitrogen and oxygen atoms in total. The highest BCUT2D eigenvalue weighted by Crippen LogP contribution is 2.40. The predicted octanol–water partition coefficient (Wildman–Crippen LogP) is 3.79.